The molecule has 0 atom stereocenters. The fourth-order valence-corrected chi connectivity index (χ4v) is 13.5. The van der Waals surface area contributed by atoms with Crippen molar-refractivity contribution >= 4 is 167 Å². The normalized spacial score (nSPS) is 14.5. The summed E-state index contributed by atoms with van der Waals surface area (Å²) >= 11 is 3.23. The molecule has 0 unspecified atom stereocenters. The lowest BCUT2D eigenvalue weighted by Gasteiger charge is -2.04. The number of carbonyl (C=O) groups excluding carboxylic acids is 5. The first-order valence-electron chi connectivity index (χ1n) is 38.1. The molecule has 30 heteroatoms. The van der Waals surface area contributed by atoms with Crippen molar-refractivity contribution < 1.29 is 45.9 Å². The number of pyridine rings is 3. The average molecular weight is 1620 g/mol. The first-order valence-corrected chi connectivity index (χ1v) is 39.9. The number of H-pyrrole nitrogens is 5. The second kappa shape index (κ2) is 35.4. The highest BCUT2D eigenvalue weighted by molar-refractivity contribution is 7.10. The summed E-state index contributed by atoms with van der Waals surface area (Å²) in [5.41, 5.74) is 9.81. The maximum Gasteiger partial charge on any atom is 0.251 e. The second-order valence-electron chi connectivity index (χ2n) is 28.8. The molecule has 0 saturated heterocycles. The lowest BCUT2D eigenvalue weighted by molar-refractivity contribution is 0.0942. The summed E-state index contributed by atoms with van der Waals surface area (Å²) in [4.78, 5) is 74.1. The van der Waals surface area contributed by atoms with Crippen LogP contribution in [-0.2, 0) is 0 Å². The van der Waals surface area contributed by atoms with Crippen molar-refractivity contribution in [3.05, 3.63) is 281 Å². The van der Waals surface area contributed by atoms with Gasteiger partial charge in [-0.3, -0.25) is 64.4 Å². The highest BCUT2D eigenvalue weighted by atomic mass is 32.1. The van der Waals surface area contributed by atoms with Crippen LogP contribution in [0.1, 0.15) is 172 Å². The van der Waals surface area contributed by atoms with Gasteiger partial charge in [0.1, 0.15) is 27.6 Å². The van der Waals surface area contributed by atoms with Crippen LogP contribution in [0.15, 0.2) is 168 Å². The lowest BCUT2D eigenvalue weighted by atomic mass is 10.1. The topological polar surface area (TPSA) is 328 Å². The van der Waals surface area contributed by atoms with Crippen molar-refractivity contribution in [1.82, 2.24) is 92.5 Å². The summed E-state index contributed by atoms with van der Waals surface area (Å²) < 4.78 is 71.1. The van der Waals surface area contributed by atoms with E-state index in [0.29, 0.717) is 83.2 Å². The molecule has 118 heavy (non-hydrogen) atoms. The Kier molecular flexibility index (Phi) is 23.4. The van der Waals surface area contributed by atoms with Gasteiger partial charge in [0, 0.05) is 121 Å². The van der Waals surface area contributed by atoms with Crippen LogP contribution >= 0.6 is 22.7 Å². The number of rotatable bonds is 20. The van der Waals surface area contributed by atoms with E-state index in [9.17, 15) is 45.9 Å². The Bertz CT molecular complexity index is 5840. The smallest absolute Gasteiger partial charge is 0.251 e. The van der Waals surface area contributed by atoms with E-state index in [1.165, 1.54) is 30.3 Å². The van der Waals surface area contributed by atoms with Crippen LogP contribution in [0.2, 0.25) is 0 Å². The third-order valence-corrected chi connectivity index (χ3v) is 20.9. The van der Waals surface area contributed by atoms with Gasteiger partial charge in [-0.15, -0.1) is 11.3 Å². The Morgan fingerprint density at radius 3 is 1.03 bits per heavy atom. The van der Waals surface area contributed by atoms with Crippen LogP contribution in [0.5, 0.6) is 0 Å². The van der Waals surface area contributed by atoms with Crippen LogP contribution < -0.4 is 26.6 Å². The van der Waals surface area contributed by atoms with E-state index in [2.05, 4.69) is 92.5 Å². The molecule has 0 bridgehead atoms. The quantitative estimate of drug-likeness (QED) is 0.0318. The van der Waals surface area contributed by atoms with E-state index in [-0.39, 0.29) is 87.3 Å². The molecular formula is C88H73F5N18O5S2. The van der Waals surface area contributed by atoms with Gasteiger partial charge in [-0.2, -0.15) is 36.8 Å². The zero-order chi connectivity index (χ0) is 81.2. The van der Waals surface area contributed by atoms with Crippen LogP contribution in [0, 0.1) is 29.1 Å². The number of aromatic nitrogens is 13. The highest BCUT2D eigenvalue weighted by Gasteiger charge is 2.30. The minimum absolute atomic E-state index is 0.221. The SMILES string of the molecule is O=C(NC1CC1)c1cc(F)c2n[nH]c(/C=C/c3ccccn3)c2c1.O=C(NC1CC1)c1cc(F)c2n[nH]c(/C=C/c3cccnc3)c2c1.O=C(NC1CC1)c1cc(F)c2n[nH]c(/C=C/c3cccs3)c2c1.O=C(NC1CC1)c1cc(F)c2n[nH]c(/C=C/c3ccncc3)c2c1.O=C(NC1CC1)c1cc(F)c2n[nH]c(/C=C/c3ccsc3)c2c1. The molecule has 23 nitrogen and oxygen atoms in total. The van der Waals surface area contributed by atoms with Crippen molar-refractivity contribution in [3.63, 3.8) is 0 Å². The molecule has 5 aliphatic rings. The molecule has 0 spiro atoms. The van der Waals surface area contributed by atoms with Crippen LogP contribution in [0.25, 0.3) is 115 Å². The summed E-state index contributed by atoms with van der Waals surface area (Å²) in [5, 5.41) is 57.5. The number of hydrogen-bond acceptors (Lipinski definition) is 15. The third-order valence-electron chi connectivity index (χ3n) is 19.4. The van der Waals surface area contributed by atoms with Crippen molar-refractivity contribution in [2.75, 3.05) is 0 Å². The average Bonchev–Trinajstić information content (AvgIpc) is 1.68. The van der Waals surface area contributed by atoms with Gasteiger partial charge >= 0.3 is 0 Å². The van der Waals surface area contributed by atoms with Crippen molar-refractivity contribution in [2.24, 2.45) is 0 Å². The molecule has 15 aromatic rings. The van der Waals surface area contributed by atoms with E-state index in [1.807, 2.05) is 125 Å². The fraction of sp³-hybridized carbons (Fsp3) is 0.170. The number of hydrogen-bond donors (Lipinski definition) is 10. The molecule has 10 N–H and O–H groups in total. The maximum absolute atomic E-state index is 14.2. The molecule has 0 radical (unpaired) electrons. The first kappa shape index (κ1) is 77.9. The van der Waals surface area contributed by atoms with Gasteiger partial charge in [0.05, 0.1) is 34.2 Å². The number of carbonyl (C=O) groups is 5. The number of nitrogens with one attached hydrogen (secondary N) is 10. The zero-order valence-corrected chi connectivity index (χ0v) is 64.4. The van der Waals surface area contributed by atoms with E-state index in [4.69, 9.17) is 0 Å². The summed E-state index contributed by atoms with van der Waals surface area (Å²) in [6, 6.07) is 34.8. The van der Waals surface area contributed by atoms with Crippen molar-refractivity contribution in [3.8, 4) is 0 Å². The first-order chi connectivity index (χ1) is 57.5. The molecule has 20 rings (SSSR count). The number of aromatic amines is 5. The van der Waals surface area contributed by atoms with Gasteiger partial charge in [-0.1, -0.05) is 36.4 Å². The van der Waals surface area contributed by atoms with Crippen LogP contribution in [0.4, 0.5) is 22.0 Å². The van der Waals surface area contributed by atoms with Gasteiger partial charge in [0.25, 0.3) is 29.5 Å². The Morgan fingerprint density at radius 2 is 0.703 bits per heavy atom. The van der Waals surface area contributed by atoms with Crippen LogP contribution in [-0.4, -0.2) is 126 Å². The predicted octanol–water partition coefficient (Wildman–Crippen LogP) is 17.1. The number of amides is 5. The number of nitrogens with zero attached hydrogens (tertiary/aromatic N) is 8. The predicted molar refractivity (Wildman–Crippen MR) is 449 cm³/mol. The van der Waals surface area contributed by atoms with Crippen LogP contribution in [0.3, 0.4) is 0 Å². The Morgan fingerprint density at radius 1 is 0.339 bits per heavy atom. The highest BCUT2D eigenvalue weighted by Crippen LogP contribution is 2.32. The number of fused-ring (bicyclic) bond motifs is 5. The van der Waals surface area contributed by atoms with Gasteiger partial charge < -0.3 is 26.6 Å². The summed E-state index contributed by atoms with van der Waals surface area (Å²) in [6.07, 6.45) is 36.9. The van der Waals surface area contributed by atoms with Gasteiger partial charge in [-0.05, 0) is 243 Å². The van der Waals surface area contributed by atoms with E-state index in [0.717, 1.165) is 91.5 Å². The summed E-state index contributed by atoms with van der Waals surface area (Å²) in [6.45, 7) is 0. The Labute approximate surface area is 677 Å². The van der Waals surface area contributed by atoms with E-state index >= 15 is 0 Å². The summed E-state index contributed by atoms with van der Waals surface area (Å²) in [7, 11) is 0. The fourth-order valence-electron chi connectivity index (χ4n) is 12.3. The molecule has 10 heterocycles. The number of thiophene rings is 2. The van der Waals surface area contributed by atoms with E-state index < -0.39 is 29.1 Å². The molecule has 592 valence electrons. The second-order valence-corrected chi connectivity index (χ2v) is 30.5. The summed E-state index contributed by atoms with van der Waals surface area (Å²) in [5.74, 6) is -3.72. The third kappa shape index (κ3) is 19.8. The molecule has 5 aromatic carbocycles. The minimum atomic E-state index is -0.512. The van der Waals surface area contributed by atoms with Gasteiger partial charge in [0.15, 0.2) is 29.1 Å². The molecule has 0 aliphatic heterocycles. The Hall–Kier alpha value is -14.0. The molecule has 10 aromatic heterocycles. The largest absolute Gasteiger partial charge is 0.349 e. The molecular weight excluding hydrogens is 1550 g/mol. The molecule has 5 fully saturated rings. The molecule has 5 amide bonds. The maximum atomic E-state index is 14.2. The lowest BCUT2D eigenvalue weighted by Crippen LogP contribution is -2.25. The minimum Gasteiger partial charge on any atom is -0.349 e. The van der Waals surface area contributed by atoms with Gasteiger partial charge in [0.2, 0.25) is 0 Å². The molecule has 5 aliphatic carbocycles. The molecule has 5 saturated carbocycles. The van der Waals surface area contributed by atoms with E-state index in [1.54, 1.807) is 96.1 Å². The number of halogens is 5. The monoisotopic (exact) mass is 1620 g/mol. The Balaban J connectivity index is 0.000000110. The van der Waals surface area contributed by atoms with Gasteiger partial charge in [-0.25, -0.2) is 22.0 Å². The van der Waals surface area contributed by atoms with Crippen molar-refractivity contribution in [2.45, 2.75) is 94.4 Å². The number of benzene rings is 5. The van der Waals surface area contributed by atoms with Crippen molar-refractivity contribution in [1.29, 1.82) is 0 Å². The zero-order valence-electron chi connectivity index (χ0n) is 62.7. The standard InChI is InChI=1S/3C18H15FN4O.2C17H14FN3OS/c19-15-10-12(18(24)21-13-2-3-13)9-14-16(22-23-17(14)15)4-1-11-5-7-20-8-6-11;19-15-9-12(18(24)21-13-4-5-13)8-14-16(22-23-17(14)15)6-3-11-2-1-7-20-10-11;19-15-10-11(18(24)21-13-4-5-13)9-14-16(22-23-17(14)15)7-6-12-3-1-2-8-20-12;18-14-8-11(17(22)19-12-2-3-12)7-13-15(20-21-16(13)14)4-1-10-5-6-23-9-10;18-14-9-10(17(22)19-11-3-4-11)8-13-15(20-21-16(13)14)6-5-12-2-1-7-23-12/h1,4-10,13H,2-3H2,(H,21,24)(H,22,23);2*1-3,6-10,13H,4-5H2,(H,21,24)(H,22,23);1,4-9,12H,2-3H2,(H,19,22)(H,20,21);1-2,5-9,11H,3-4H2,(H,19,22)(H,20,21)/b4-1+;6-3+;7-6+;4-1+;6-5+.